The Morgan fingerprint density at radius 3 is 3.00 bits per heavy atom. The minimum atomic E-state index is 0.0219. The number of thiocarbonyl (C=S) groups is 1. The van der Waals surface area contributed by atoms with Crippen LogP contribution in [-0.4, -0.2) is 17.3 Å². The predicted octanol–water partition coefficient (Wildman–Crippen LogP) is 1.68. The van der Waals surface area contributed by atoms with Crippen LogP contribution in [-0.2, 0) is 4.79 Å². The molecule has 0 aliphatic heterocycles. The number of hydrogen-bond acceptors (Lipinski definition) is 2. The van der Waals surface area contributed by atoms with Gasteiger partial charge in [-0.15, -0.1) is 0 Å². The second kappa shape index (κ2) is 4.55. The zero-order chi connectivity index (χ0) is 8.97. The summed E-state index contributed by atoms with van der Waals surface area (Å²) in [7, 11) is 0. The van der Waals surface area contributed by atoms with Crippen molar-refractivity contribution in [2.45, 2.75) is 32.6 Å². The highest BCUT2D eigenvalue weighted by atomic mass is 32.1. The summed E-state index contributed by atoms with van der Waals surface area (Å²) in [6, 6.07) is 0. The first-order valence-corrected chi connectivity index (χ1v) is 4.97. The summed E-state index contributed by atoms with van der Waals surface area (Å²) in [6.07, 6.45) is 3.85. The third-order valence-corrected chi connectivity index (χ3v) is 2.65. The molecule has 0 aromatic heterocycles. The van der Waals surface area contributed by atoms with Crippen molar-refractivity contribution >= 4 is 23.0 Å². The van der Waals surface area contributed by atoms with Crippen LogP contribution in [0.25, 0.3) is 0 Å². The average molecular weight is 185 g/mol. The molecule has 0 bridgehead atoms. The maximum Gasteiger partial charge on any atom is 0.142 e. The quantitative estimate of drug-likeness (QED) is 0.664. The van der Waals surface area contributed by atoms with E-state index in [2.05, 4.69) is 5.32 Å². The second-order valence-corrected chi connectivity index (χ2v) is 3.60. The highest BCUT2D eigenvalue weighted by molar-refractivity contribution is 7.80. The van der Waals surface area contributed by atoms with E-state index in [4.69, 9.17) is 12.2 Å². The van der Waals surface area contributed by atoms with Gasteiger partial charge in [0.15, 0.2) is 0 Å². The summed E-state index contributed by atoms with van der Waals surface area (Å²) in [5.41, 5.74) is 0. The van der Waals surface area contributed by atoms with E-state index in [9.17, 15) is 4.79 Å². The molecule has 1 saturated carbocycles. The lowest BCUT2D eigenvalue weighted by molar-refractivity contribution is -0.122. The molecule has 68 valence electrons. The van der Waals surface area contributed by atoms with Crippen LogP contribution in [0.3, 0.4) is 0 Å². The highest BCUT2D eigenvalue weighted by Gasteiger charge is 2.25. The van der Waals surface area contributed by atoms with Crippen molar-refractivity contribution < 1.29 is 4.79 Å². The molecule has 0 heterocycles. The fraction of sp³-hybridized carbons (Fsp3) is 0.778. The van der Waals surface area contributed by atoms with Gasteiger partial charge in [-0.25, -0.2) is 0 Å². The number of nitrogens with one attached hydrogen (secondary N) is 1. The fourth-order valence-corrected chi connectivity index (χ4v) is 1.95. The average Bonchev–Trinajstić information content (AvgIpc) is 2.05. The Morgan fingerprint density at radius 1 is 1.67 bits per heavy atom. The van der Waals surface area contributed by atoms with E-state index in [1.54, 1.807) is 0 Å². The van der Waals surface area contributed by atoms with Crippen LogP contribution < -0.4 is 5.32 Å². The van der Waals surface area contributed by atoms with Gasteiger partial charge in [0, 0.05) is 13.0 Å². The van der Waals surface area contributed by atoms with Crippen LogP contribution in [0.4, 0.5) is 0 Å². The molecule has 0 aromatic rings. The van der Waals surface area contributed by atoms with Crippen molar-refractivity contribution in [1.29, 1.82) is 0 Å². The van der Waals surface area contributed by atoms with Crippen LogP contribution >= 0.6 is 12.2 Å². The minimum absolute atomic E-state index is 0.0219. The molecule has 1 aliphatic rings. The first-order valence-electron chi connectivity index (χ1n) is 4.56. The summed E-state index contributed by atoms with van der Waals surface area (Å²) < 4.78 is 0. The number of rotatable bonds is 2. The third kappa shape index (κ3) is 2.27. The molecule has 1 unspecified atom stereocenters. The summed E-state index contributed by atoms with van der Waals surface area (Å²) in [6.45, 7) is 2.82. The number of ketones is 1. The molecular formula is C9H15NOS. The Labute approximate surface area is 78.7 Å². The van der Waals surface area contributed by atoms with Gasteiger partial charge in [0.25, 0.3) is 0 Å². The Morgan fingerprint density at radius 2 is 2.42 bits per heavy atom. The van der Waals surface area contributed by atoms with E-state index in [1.165, 1.54) is 0 Å². The summed E-state index contributed by atoms with van der Waals surface area (Å²) in [4.78, 5) is 12.1. The Bertz CT molecular complexity index is 191. The van der Waals surface area contributed by atoms with Crippen LogP contribution in [0, 0.1) is 5.92 Å². The van der Waals surface area contributed by atoms with Crippen LogP contribution in [0.15, 0.2) is 0 Å². The van der Waals surface area contributed by atoms with E-state index < -0.39 is 0 Å². The lowest BCUT2D eigenvalue weighted by Crippen LogP contribution is -2.35. The molecule has 1 aliphatic carbocycles. The zero-order valence-electron chi connectivity index (χ0n) is 7.43. The molecule has 1 N–H and O–H groups in total. The van der Waals surface area contributed by atoms with Crippen LogP contribution in [0.1, 0.15) is 32.6 Å². The number of carbonyl (C=O) groups excluding carboxylic acids is 1. The normalized spacial score (nSPS) is 23.8. The van der Waals surface area contributed by atoms with E-state index in [0.717, 1.165) is 37.2 Å². The maximum absolute atomic E-state index is 11.4. The Balaban J connectivity index is 2.48. The van der Waals surface area contributed by atoms with Crippen molar-refractivity contribution in [3.63, 3.8) is 0 Å². The van der Waals surface area contributed by atoms with E-state index >= 15 is 0 Å². The lowest BCUT2D eigenvalue weighted by Gasteiger charge is -2.21. The van der Waals surface area contributed by atoms with Gasteiger partial charge >= 0.3 is 0 Å². The molecule has 1 atom stereocenters. The largest absolute Gasteiger partial charge is 0.379 e. The molecule has 0 saturated heterocycles. The molecule has 1 fully saturated rings. The molecule has 0 aromatic carbocycles. The van der Waals surface area contributed by atoms with Crippen molar-refractivity contribution in [3.05, 3.63) is 0 Å². The fourth-order valence-electron chi connectivity index (χ4n) is 1.56. The molecule has 3 heteroatoms. The molecule has 1 rings (SSSR count). The standard InChI is InChI=1S/C9H15NOS/c1-2-10-9(12)7-5-3-4-6-8(7)11/h7H,2-6H2,1H3,(H,10,12). The van der Waals surface area contributed by atoms with Gasteiger partial charge in [-0.05, 0) is 19.8 Å². The lowest BCUT2D eigenvalue weighted by atomic mass is 9.88. The van der Waals surface area contributed by atoms with Crippen molar-refractivity contribution in [2.24, 2.45) is 5.92 Å². The van der Waals surface area contributed by atoms with Crippen molar-refractivity contribution in [2.75, 3.05) is 6.54 Å². The Hall–Kier alpha value is -0.440. The predicted molar refractivity (Wildman–Crippen MR) is 53.2 cm³/mol. The number of hydrogen-bond donors (Lipinski definition) is 1. The van der Waals surface area contributed by atoms with Crippen molar-refractivity contribution in [1.82, 2.24) is 5.32 Å². The minimum Gasteiger partial charge on any atom is -0.379 e. The van der Waals surface area contributed by atoms with Gasteiger partial charge in [0.05, 0.1) is 10.9 Å². The summed E-state index contributed by atoms with van der Waals surface area (Å²) >= 11 is 5.12. The number of Topliss-reactive ketones (excluding diaryl/α,β-unsaturated/α-hetero) is 1. The topological polar surface area (TPSA) is 29.1 Å². The Kier molecular flexibility index (Phi) is 3.66. The molecule has 0 radical (unpaired) electrons. The van der Waals surface area contributed by atoms with Gasteiger partial charge in [0.1, 0.15) is 5.78 Å². The van der Waals surface area contributed by atoms with E-state index in [-0.39, 0.29) is 5.92 Å². The van der Waals surface area contributed by atoms with E-state index in [0.29, 0.717) is 5.78 Å². The first kappa shape index (κ1) is 9.65. The molecule has 12 heavy (non-hydrogen) atoms. The van der Waals surface area contributed by atoms with Gasteiger partial charge < -0.3 is 5.32 Å². The van der Waals surface area contributed by atoms with Gasteiger partial charge in [-0.1, -0.05) is 18.6 Å². The van der Waals surface area contributed by atoms with Crippen molar-refractivity contribution in [3.8, 4) is 0 Å². The summed E-state index contributed by atoms with van der Waals surface area (Å²) in [5, 5.41) is 3.06. The molecule has 2 nitrogen and oxygen atoms in total. The second-order valence-electron chi connectivity index (χ2n) is 3.16. The molecule has 0 amide bonds. The van der Waals surface area contributed by atoms with Gasteiger partial charge in [-0.3, -0.25) is 4.79 Å². The number of carbonyl (C=O) groups is 1. The highest BCUT2D eigenvalue weighted by Crippen LogP contribution is 2.21. The molecular weight excluding hydrogens is 170 g/mol. The SMILES string of the molecule is CCNC(=S)C1CCCCC1=O. The zero-order valence-corrected chi connectivity index (χ0v) is 8.25. The van der Waals surface area contributed by atoms with Gasteiger partial charge in [0.2, 0.25) is 0 Å². The third-order valence-electron chi connectivity index (χ3n) is 2.22. The van der Waals surface area contributed by atoms with E-state index in [1.807, 2.05) is 6.92 Å². The van der Waals surface area contributed by atoms with Crippen LogP contribution in [0.2, 0.25) is 0 Å². The van der Waals surface area contributed by atoms with Gasteiger partial charge in [-0.2, -0.15) is 0 Å². The first-order chi connectivity index (χ1) is 5.75. The van der Waals surface area contributed by atoms with Crippen LogP contribution in [0.5, 0.6) is 0 Å². The monoisotopic (exact) mass is 185 g/mol. The maximum atomic E-state index is 11.4. The smallest absolute Gasteiger partial charge is 0.142 e. The molecule has 0 spiro atoms. The summed E-state index contributed by atoms with van der Waals surface area (Å²) in [5.74, 6) is 0.348.